The molecule has 2 aromatic heterocycles. The summed E-state index contributed by atoms with van der Waals surface area (Å²) in [6.07, 6.45) is 2.39. The van der Waals surface area contributed by atoms with Crippen molar-refractivity contribution < 1.29 is 42.7 Å². The number of H-pyrrole nitrogens is 1. The number of ether oxygens (including phenoxy) is 3. The molecule has 216 valence electrons. The number of nitrogens with zero attached hydrogens (tertiary/aromatic N) is 5. The lowest BCUT2D eigenvalue weighted by Crippen LogP contribution is -2.57. The molecular weight excluding hydrogens is 530 g/mol. The van der Waals surface area contributed by atoms with Gasteiger partial charge in [-0.25, -0.2) is 29.1 Å². The summed E-state index contributed by atoms with van der Waals surface area (Å²) in [5.74, 6) is -2.08. The lowest BCUT2D eigenvalue weighted by atomic mass is 10.3. The smallest absolute Gasteiger partial charge is 0.337 e. The number of nitrogens with one attached hydrogen (secondary N) is 1. The average molecular weight is 563 g/mol. The fraction of sp³-hybridized carbons (Fsp3) is 0.636. The Hall–Kier alpha value is -3.06. The van der Waals surface area contributed by atoms with Crippen LogP contribution in [0.2, 0.25) is 0 Å². The highest BCUT2D eigenvalue weighted by atomic mass is 19.1. The molecule has 0 saturated carbocycles. The normalized spacial score (nSPS) is 22.2. The Balaban J connectivity index is 0.000000187. The van der Waals surface area contributed by atoms with Crippen LogP contribution in [-0.2, 0) is 27.5 Å². The lowest BCUT2D eigenvalue weighted by molar-refractivity contribution is -1.12. The summed E-state index contributed by atoms with van der Waals surface area (Å²) in [7, 11) is 0. The fourth-order valence-electron chi connectivity index (χ4n) is 4.49. The number of hydrogen-bond acceptors (Lipinski definition) is 9. The second-order valence-corrected chi connectivity index (χ2v) is 9.63. The molecule has 1 atom stereocenters. The number of quaternary nitrogens is 2. The highest BCUT2D eigenvalue weighted by Crippen LogP contribution is 2.21. The average Bonchev–Trinajstić information content (AvgIpc) is 3.45. The number of aromatic amines is 1. The van der Waals surface area contributed by atoms with E-state index in [4.69, 9.17) is 14.2 Å². The number of hydroxylamine groups is 6. The van der Waals surface area contributed by atoms with Crippen LogP contribution in [0, 0.1) is 11.6 Å². The minimum Gasteiger partial charge on any atom is -0.370 e. The summed E-state index contributed by atoms with van der Waals surface area (Å²) >= 11 is 0. The van der Waals surface area contributed by atoms with E-state index in [0.29, 0.717) is 50.2 Å². The zero-order chi connectivity index (χ0) is 28.2. The van der Waals surface area contributed by atoms with E-state index in [2.05, 4.69) is 4.98 Å². The summed E-state index contributed by atoms with van der Waals surface area (Å²) in [4.78, 5) is 49.3. The Labute approximate surface area is 219 Å². The maximum atomic E-state index is 13.9. The third-order valence-electron chi connectivity index (χ3n) is 6.80. The largest absolute Gasteiger partial charge is 0.370 e. The Bertz CT molecular complexity index is 1390. The molecule has 3 saturated heterocycles. The van der Waals surface area contributed by atoms with Gasteiger partial charge in [0.15, 0.2) is 13.3 Å². The van der Waals surface area contributed by atoms with Crippen molar-refractivity contribution in [2.75, 3.05) is 59.2 Å². The van der Waals surface area contributed by atoms with Gasteiger partial charge in [-0.2, -0.15) is 18.1 Å². The maximum Gasteiger partial charge on any atom is 0.337 e. The van der Waals surface area contributed by atoms with Crippen molar-refractivity contribution in [1.82, 2.24) is 18.7 Å². The van der Waals surface area contributed by atoms with Gasteiger partial charge < -0.3 is 19.2 Å². The highest BCUT2D eigenvalue weighted by Gasteiger charge is 2.33. The number of halogens is 2. The van der Waals surface area contributed by atoms with E-state index in [-0.39, 0.29) is 39.5 Å². The third-order valence-corrected chi connectivity index (χ3v) is 6.80. The molecule has 0 aliphatic carbocycles. The topological polar surface area (TPSA) is 167 Å². The van der Waals surface area contributed by atoms with Gasteiger partial charge in [0, 0.05) is 12.8 Å². The molecule has 17 heteroatoms. The minimum absolute atomic E-state index is 0.238. The van der Waals surface area contributed by atoms with E-state index in [0.717, 1.165) is 21.8 Å². The molecule has 5 heterocycles. The molecule has 2 aromatic rings. The van der Waals surface area contributed by atoms with Crippen molar-refractivity contribution in [2.24, 2.45) is 0 Å². The molecule has 0 spiro atoms. The van der Waals surface area contributed by atoms with Crippen molar-refractivity contribution in [1.29, 1.82) is 0 Å². The standard InChI is InChI=1S/C13H19FN3O5.C9H12FN3O4/c14-10-8-15(11-2-1-5-22-11)13(19)16(12(10)18)9-17(20)3-6-21-7-4-17;10-7-5-11-9(15)12(8(7)14)6-13(16)1-3-17-4-2-13/h8,11,20H,1-7,9H2;5,16H,1-4,6H2/q+1;/p+1. The van der Waals surface area contributed by atoms with Gasteiger partial charge in [0.25, 0.3) is 11.1 Å². The van der Waals surface area contributed by atoms with Gasteiger partial charge >= 0.3 is 11.4 Å². The van der Waals surface area contributed by atoms with E-state index in [9.17, 15) is 38.4 Å². The quantitative estimate of drug-likeness (QED) is 0.368. The highest BCUT2D eigenvalue weighted by molar-refractivity contribution is 4.91. The number of rotatable bonds is 5. The van der Waals surface area contributed by atoms with Gasteiger partial charge in [-0.15, -0.1) is 0 Å². The zero-order valence-corrected chi connectivity index (χ0v) is 21.2. The molecule has 0 bridgehead atoms. The summed E-state index contributed by atoms with van der Waals surface area (Å²) < 4.78 is 44.0. The van der Waals surface area contributed by atoms with Crippen LogP contribution in [0.3, 0.4) is 0 Å². The van der Waals surface area contributed by atoms with Crippen LogP contribution in [0.1, 0.15) is 19.1 Å². The molecular formula is C22H32F2N6O9+2. The maximum absolute atomic E-state index is 13.9. The van der Waals surface area contributed by atoms with Crippen LogP contribution in [0.4, 0.5) is 8.78 Å². The number of aromatic nitrogens is 4. The van der Waals surface area contributed by atoms with Gasteiger partial charge in [-0.3, -0.25) is 14.2 Å². The molecule has 3 fully saturated rings. The van der Waals surface area contributed by atoms with E-state index in [1.807, 2.05) is 0 Å². The van der Waals surface area contributed by atoms with Crippen LogP contribution >= 0.6 is 0 Å². The van der Waals surface area contributed by atoms with E-state index < -0.39 is 49.7 Å². The van der Waals surface area contributed by atoms with Crippen LogP contribution in [0.15, 0.2) is 31.6 Å². The molecule has 0 amide bonds. The Morgan fingerprint density at radius 2 is 1.38 bits per heavy atom. The predicted molar refractivity (Wildman–Crippen MR) is 126 cm³/mol. The SMILES string of the molecule is O=c1[nH]cc(F)c(=O)n1C[N+]1(O)CCOCC1.O=c1c(F)cn(C2CCCO2)c(=O)n1C[N+]1(O)CCOCC1. The molecule has 3 aliphatic heterocycles. The van der Waals surface area contributed by atoms with Gasteiger partial charge in [0.05, 0.1) is 32.6 Å². The summed E-state index contributed by atoms with van der Waals surface area (Å²) in [5, 5.41) is 20.5. The van der Waals surface area contributed by atoms with Gasteiger partial charge in [0.2, 0.25) is 11.6 Å². The summed E-state index contributed by atoms with van der Waals surface area (Å²) in [6.45, 7) is 2.20. The van der Waals surface area contributed by atoms with Crippen molar-refractivity contribution in [3.63, 3.8) is 0 Å². The van der Waals surface area contributed by atoms with Crippen LogP contribution in [0.5, 0.6) is 0 Å². The molecule has 3 N–H and O–H groups in total. The van der Waals surface area contributed by atoms with Crippen molar-refractivity contribution >= 4 is 0 Å². The Morgan fingerprint density at radius 3 is 1.92 bits per heavy atom. The molecule has 0 aromatic carbocycles. The fourth-order valence-corrected chi connectivity index (χ4v) is 4.49. The first-order valence-electron chi connectivity index (χ1n) is 12.5. The molecule has 39 heavy (non-hydrogen) atoms. The molecule has 5 rings (SSSR count). The van der Waals surface area contributed by atoms with Crippen LogP contribution in [0.25, 0.3) is 0 Å². The molecule has 3 aliphatic rings. The van der Waals surface area contributed by atoms with Crippen molar-refractivity contribution in [2.45, 2.75) is 32.4 Å². The van der Waals surface area contributed by atoms with Crippen molar-refractivity contribution in [3.05, 3.63) is 65.7 Å². The monoisotopic (exact) mass is 562 g/mol. The summed E-state index contributed by atoms with van der Waals surface area (Å²) in [5.41, 5.74) is -3.48. The van der Waals surface area contributed by atoms with Crippen LogP contribution < -0.4 is 22.5 Å². The molecule has 0 radical (unpaired) electrons. The number of hydrogen-bond donors (Lipinski definition) is 3. The first-order valence-corrected chi connectivity index (χ1v) is 12.5. The zero-order valence-electron chi connectivity index (χ0n) is 21.2. The van der Waals surface area contributed by atoms with Gasteiger partial charge in [0.1, 0.15) is 32.4 Å². The second-order valence-electron chi connectivity index (χ2n) is 9.63. The van der Waals surface area contributed by atoms with Gasteiger partial charge in [-0.05, 0) is 12.8 Å². The number of morpholine rings is 2. The van der Waals surface area contributed by atoms with E-state index in [1.54, 1.807) is 0 Å². The summed E-state index contributed by atoms with van der Waals surface area (Å²) in [6, 6.07) is 0. The molecule has 15 nitrogen and oxygen atoms in total. The predicted octanol–water partition coefficient (Wildman–Crippen LogP) is -1.48. The first-order chi connectivity index (χ1) is 18.5. The first kappa shape index (κ1) is 28.9. The lowest BCUT2D eigenvalue weighted by Gasteiger charge is -2.33. The molecule has 1 unspecified atom stereocenters. The van der Waals surface area contributed by atoms with Crippen LogP contribution in [-0.4, -0.2) is 97.6 Å². The van der Waals surface area contributed by atoms with Crippen molar-refractivity contribution in [3.8, 4) is 0 Å². The third kappa shape index (κ3) is 6.75. The Kier molecular flexibility index (Phi) is 8.90. The Morgan fingerprint density at radius 1 is 0.846 bits per heavy atom. The minimum atomic E-state index is -1.05. The van der Waals surface area contributed by atoms with E-state index in [1.165, 1.54) is 0 Å². The van der Waals surface area contributed by atoms with E-state index >= 15 is 0 Å². The van der Waals surface area contributed by atoms with Gasteiger partial charge in [-0.1, -0.05) is 0 Å². The second kappa shape index (κ2) is 12.0.